The highest BCUT2D eigenvalue weighted by Gasteiger charge is 2.10. The van der Waals surface area contributed by atoms with Crippen LogP contribution in [0, 0.1) is 12.7 Å². The van der Waals surface area contributed by atoms with E-state index in [1.54, 1.807) is 13.0 Å². The predicted molar refractivity (Wildman–Crippen MR) is 80.2 cm³/mol. The Bertz CT molecular complexity index is 611. The van der Waals surface area contributed by atoms with Gasteiger partial charge in [-0.15, -0.1) is 0 Å². The van der Waals surface area contributed by atoms with Crippen LogP contribution in [0.4, 0.5) is 4.39 Å². The maximum atomic E-state index is 13.0. The van der Waals surface area contributed by atoms with Gasteiger partial charge in [-0.05, 0) is 55.3 Å². The number of aliphatic hydroxyl groups excluding tert-OH is 1. The fraction of sp³-hybridized carbons (Fsp3) is 0.250. The molecule has 0 bridgehead atoms. The molecule has 20 heavy (non-hydrogen) atoms. The summed E-state index contributed by atoms with van der Waals surface area (Å²) in [5.41, 5.74) is 2.49. The molecule has 106 valence electrons. The molecule has 0 aliphatic rings. The van der Waals surface area contributed by atoms with Gasteiger partial charge in [0.1, 0.15) is 18.2 Å². The van der Waals surface area contributed by atoms with E-state index in [1.807, 2.05) is 25.1 Å². The third kappa shape index (κ3) is 3.58. The second-order valence-corrected chi connectivity index (χ2v) is 5.63. The van der Waals surface area contributed by atoms with Gasteiger partial charge in [-0.25, -0.2) is 4.39 Å². The third-order valence-electron chi connectivity index (χ3n) is 3.11. The molecule has 2 aromatic rings. The Balaban J connectivity index is 2.18. The maximum absolute atomic E-state index is 13.0. The van der Waals surface area contributed by atoms with Crippen molar-refractivity contribution in [2.24, 2.45) is 0 Å². The molecule has 0 saturated heterocycles. The lowest BCUT2D eigenvalue weighted by Gasteiger charge is -2.15. The third-order valence-corrected chi connectivity index (χ3v) is 3.60. The largest absolute Gasteiger partial charge is 0.489 e. The maximum Gasteiger partial charge on any atom is 0.125 e. The van der Waals surface area contributed by atoms with E-state index in [0.717, 1.165) is 21.2 Å². The average Bonchev–Trinajstić information content (AvgIpc) is 2.38. The lowest BCUT2D eigenvalue weighted by Crippen LogP contribution is -2.02. The van der Waals surface area contributed by atoms with Gasteiger partial charge in [-0.2, -0.15) is 0 Å². The van der Waals surface area contributed by atoms with Crippen molar-refractivity contribution in [1.29, 1.82) is 0 Å². The topological polar surface area (TPSA) is 29.5 Å². The first-order valence-corrected chi connectivity index (χ1v) is 7.12. The van der Waals surface area contributed by atoms with Crippen LogP contribution in [0.25, 0.3) is 0 Å². The highest BCUT2D eigenvalue weighted by atomic mass is 79.9. The molecule has 0 unspecified atom stereocenters. The lowest BCUT2D eigenvalue weighted by molar-refractivity contribution is 0.190. The molecule has 2 nitrogen and oxygen atoms in total. The van der Waals surface area contributed by atoms with Crippen molar-refractivity contribution in [3.63, 3.8) is 0 Å². The molecule has 0 aromatic heterocycles. The summed E-state index contributed by atoms with van der Waals surface area (Å²) in [7, 11) is 0. The van der Waals surface area contributed by atoms with E-state index in [4.69, 9.17) is 4.74 Å². The van der Waals surface area contributed by atoms with E-state index in [9.17, 15) is 9.50 Å². The van der Waals surface area contributed by atoms with E-state index in [-0.39, 0.29) is 5.82 Å². The predicted octanol–water partition coefficient (Wildman–Crippen LogP) is 4.53. The molecule has 0 radical (unpaired) electrons. The molecule has 0 saturated carbocycles. The number of ether oxygens (including phenoxy) is 1. The summed E-state index contributed by atoms with van der Waals surface area (Å²) in [4.78, 5) is 0. The summed E-state index contributed by atoms with van der Waals surface area (Å²) >= 11 is 3.37. The Labute approximate surface area is 126 Å². The van der Waals surface area contributed by atoms with Crippen LogP contribution in [0.3, 0.4) is 0 Å². The number of halogens is 2. The number of benzene rings is 2. The first kappa shape index (κ1) is 15.0. The average molecular weight is 339 g/mol. The van der Waals surface area contributed by atoms with Gasteiger partial charge in [-0.1, -0.05) is 22.0 Å². The monoisotopic (exact) mass is 338 g/mol. The Morgan fingerprint density at radius 1 is 1.25 bits per heavy atom. The van der Waals surface area contributed by atoms with Crippen LogP contribution < -0.4 is 4.74 Å². The van der Waals surface area contributed by atoms with Crippen LogP contribution in [0.1, 0.15) is 29.7 Å². The van der Waals surface area contributed by atoms with E-state index < -0.39 is 6.10 Å². The molecule has 1 N–H and O–H groups in total. The zero-order chi connectivity index (χ0) is 14.7. The Morgan fingerprint density at radius 3 is 2.65 bits per heavy atom. The lowest BCUT2D eigenvalue weighted by atomic mass is 10.1. The molecule has 0 amide bonds. The minimum Gasteiger partial charge on any atom is -0.489 e. The van der Waals surface area contributed by atoms with E-state index in [1.165, 1.54) is 12.1 Å². The zero-order valence-corrected chi connectivity index (χ0v) is 12.9. The summed E-state index contributed by atoms with van der Waals surface area (Å²) in [6, 6.07) is 10.1. The van der Waals surface area contributed by atoms with Crippen LogP contribution in [0.2, 0.25) is 0 Å². The number of aryl methyl sites for hydroxylation is 1. The van der Waals surface area contributed by atoms with Gasteiger partial charge in [0, 0.05) is 10.0 Å². The van der Waals surface area contributed by atoms with E-state index in [0.29, 0.717) is 12.4 Å². The highest BCUT2D eigenvalue weighted by molar-refractivity contribution is 9.10. The van der Waals surface area contributed by atoms with Gasteiger partial charge in [0.15, 0.2) is 0 Å². The Morgan fingerprint density at radius 2 is 2.00 bits per heavy atom. The number of aliphatic hydroxyl groups is 1. The molecule has 0 aliphatic heterocycles. The Hall–Kier alpha value is -1.39. The molecule has 2 aromatic carbocycles. The van der Waals surface area contributed by atoms with Crippen LogP contribution >= 0.6 is 15.9 Å². The van der Waals surface area contributed by atoms with Crippen molar-refractivity contribution in [2.75, 3.05) is 0 Å². The van der Waals surface area contributed by atoms with E-state index in [2.05, 4.69) is 15.9 Å². The van der Waals surface area contributed by atoms with E-state index >= 15 is 0 Å². The SMILES string of the molecule is Cc1cc(F)ccc1COc1ccc(Br)cc1[C@@H](C)O. The van der Waals surface area contributed by atoms with Crippen molar-refractivity contribution in [3.05, 3.63) is 63.4 Å². The smallest absolute Gasteiger partial charge is 0.125 e. The minimum absolute atomic E-state index is 0.250. The van der Waals surface area contributed by atoms with Crippen LogP contribution in [0.5, 0.6) is 5.75 Å². The summed E-state index contributed by atoms with van der Waals surface area (Å²) in [5.74, 6) is 0.381. The van der Waals surface area contributed by atoms with Crippen molar-refractivity contribution in [2.45, 2.75) is 26.6 Å². The fourth-order valence-corrected chi connectivity index (χ4v) is 2.33. The molecular weight excluding hydrogens is 323 g/mol. The number of hydrogen-bond acceptors (Lipinski definition) is 2. The van der Waals surface area contributed by atoms with Crippen molar-refractivity contribution in [3.8, 4) is 5.75 Å². The number of hydrogen-bond donors (Lipinski definition) is 1. The van der Waals surface area contributed by atoms with Gasteiger partial charge in [0.05, 0.1) is 6.10 Å². The molecule has 0 aliphatic carbocycles. The second-order valence-electron chi connectivity index (χ2n) is 4.72. The molecule has 0 spiro atoms. The Kier molecular flexibility index (Phi) is 4.78. The highest BCUT2D eigenvalue weighted by Crippen LogP contribution is 2.29. The first-order chi connectivity index (χ1) is 9.47. The quantitative estimate of drug-likeness (QED) is 0.887. The normalized spacial score (nSPS) is 12.2. The summed E-state index contributed by atoms with van der Waals surface area (Å²) in [6.07, 6.45) is -0.614. The van der Waals surface area contributed by atoms with Gasteiger partial charge in [-0.3, -0.25) is 0 Å². The van der Waals surface area contributed by atoms with Gasteiger partial charge >= 0.3 is 0 Å². The molecular formula is C16H16BrFO2. The van der Waals surface area contributed by atoms with Crippen LogP contribution in [-0.2, 0) is 6.61 Å². The van der Waals surface area contributed by atoms with Gasteiger partial charge in [0.2, 0.25) is 0 Å². The molecule has 0 fully saturated rings. The van der Waals surface area contributed by atoms with Crippen LogP contribution in [-0.4, -0.2) is 5.11 Å². The first-order valence-electron chi connectivity index (χ1n) is 6.32. The standard InChI is InChI=1S/C16H16BrFO2/c1-10-7-14(18)5-3-12(10)9-20-16-6-4-13(17)8-15(16)11(2)19/h3-8,11,19H,9H2,1-2H3/t11-/m1/s1. The summed E-state index contributed by atoms with van der Waals surface area (Å²) < 4.78 is 19.7. The summed E-state index contributed by atoms with van der Waals surface area (Å²) in [6.45, 7) is 3.88. The van der Waals surface area contributed by atoms with Crippen molar-refractivity contribution >= 4 is 15.9 Å². The molecule has 2 rings (SSSR count). The van der Waals surface area contributed by atoms with Crippen LogP contribution in [0.15, 0.2) is 40.9 Å². The molecule has 0 heterocycles. The number of rotatable bonds is 4. The minimum atomic E-state index is -0.614. The summed E-state index contributed by atoms with van der Waals surface area (Å²) in [5, 5.41) is 9.77. The van der Waals surface area contributed by atoms with Crippen molar-refractivity contribution < 1.29 is 14.2 Å². The van der Waals surface area contributed by atoms with Gasteiger partial charge in [0.25, 0.3) is 0 Å². The molecule has 4 heteroatoms. The fourth-order valence-electron chi connectivity index (χ4n) is 1.95. The molecule has 1 atom stereocenters. The zero-order valence-electron chi connectivity index (χ0n) is 11.4. The van der Waals surface area contributed by atoms with Gasteiger partial charge < -0.3 is 9.84 Å². The van der Waals surface area contributed by atoms with Crippen molar-refractivity contribution in [1.82, 2.24) is 0 Å². The second kappa shape index (κ2) is 6.37.